The molecule has 1 heterocycles. The zero-order valence-corrected chi connectivity index (χ0v) is 18.6. The van der Waals surface area contributed by atoms with Crippen molar-refractivity contribution in [2.45, 2.75) is 62.2 Å². The largest absolute Gasteiger partial charge is 0.507 e. The average molecular weight is 412 g/mol. The van der Waals surface area contributed by atoms with Crippen molar-refractivity contribution in [3.8, 4) is 23.2 Å². The van der Waals surface area contributed by atoms with Crippen LogP contribution in [0.2, 0.25) is 0 Å². The van der Waals surface area contributed by atoms with Crippen molar-refractivity contribution >= 4 is 11.8 Å². The Morgan fingerprint density at radius 2 is 1.28 bits per heavy atom. The fourth-order valence-electron chi connectivity index (χ4n) is 3.31. The highest BCUT2D eigenvalue weighted by molar-refractivity contribution is 7.99. The van der Waals surface area contributed by atoms with Crippen molar-refractivity contribution < 1.29 is 15.3 Å². The molecule has 5 heteroatoms. The Kier molecular flexibility index (Phi) is 5.39. The van der Waals surface area contributed by atoms with Crippen LogP contribution in [0.1, 0.15) is 52.7 Å². The molecule has 0 aliphatic rings. The zero-order chi connectivity index (χ0) is 21.6. The van der Waals surface area contributed by atoms with E-state index in [4.69, 9.17) is 0 Å². The predicted molar refractivity (Wildman–Crippen MR) is 119 cm³/mol. The first-order valence-corrected chi connectivity index (χ1v) is 10.5. The van der Waals surface area contributed by atoms with Crippen LogP contribution in [-0.2, 0) is 10.8 Å². The molecule has 4 nitrogen and oxygen atoms in total. The number of para-hydroxylation sites is 1. The minimum atomic E-state index is -0.235. The van der Waals surface area contributed by atoms with Gasteiger partial charge in [-0.2, -0.15) is 0 Å². The van der Waals surface area contributed by atoms with E-state index in [2.05, 4.69) is 41.5 Å². The molecule has 3 aromatic rings. The summed E-state index contributed by atoms with van der Waals surface area (Å²) in [6, 6.07) is 14.7. The molecule has 2 aromatic carbocycles. The topological polar surface area (TPSA) is 65.6 Å². The van der Waals surface area contributed by atoms with E-state index in [0.717, 1.165) is 16.0 Å². The van der Waals surface area contributed by atoms with E-state index < -0.39 is 0 Å². The van der Waals surface area contributed by atoms with Gasteiger partial charge in [0.1, 0.15) is 5.75 Å². The number of phenolic OH excluding ortho intramolecular Hbond substituents is 1. The molecule has 3 N–H and O–H groups in total. The predicted octanol–water partition coefficient (Wildman–Crippen LogP) is 6.34. The number of rotatable bonds is 3. The van der Waals surface area contributed by atoms with Crippen LogP contribution in [0.4, 0.5) is 0 Å². The molecule has 29 heavy (non-hydrogen) atoms. The lowest BCUT2D eigenvalue weighted by atomic mass is 9.79. The Morgan fingerprint density at radius 1 is 0.759 bits per heavy atom. The lowest BCUT2D eigenvalue weighted by Gasteiger charge is -2.28. The number of hydrogen-bond donors (Lipinski definition) is 3. The monoisotopic (exact) mass is 411 g/mol. The third-order valence-corrected chi connectivity index (χ3v) is 5.85. The van der Waals surface area contributed by atoms with Gasteiger partial charge in [-0.15, -0.1) is 0 Å². The van der Waals surface area contributed by atoms with E-state index in [1.54, 1.807) is 6.07 Å². The van der Waals surface area contributed by atoms with Crippen molar-refractivity contribution in [3.05, 3.63) is 59.7 Å². The lowest BCUT2D eigenvalue weighted by molar-refractivity contribution is 0.398. The van der Waals surface area contributed by atoms with E-state index in [9.17, 15) is 15.3 Å². The number of nitrogens with zero attached hydrogens (tertiary/aromatic N) is 1. The number of phenols is 1. The van der Waals surface area contributed by atoms with Crippen LogP contribution < -0.4 is 0 Å². The normalized spacial score (nSPS) is 12.3. The Balaban J connectivity index is 2.10. The van der Waals surface area contributed by atoms with Crippen molar-refractivity contribution in [1.82, 2.24) is 4.57 Å². The van der Waals surface area contributed by atoms with Gasteiger partial charge in [0.15, 0.2) is 5.88 Å². The van der Waals surface area contributed by atoms with Gasteiger partial charge in [0, 0.05) is 22.1 Å². The first-order valence-electron chi connectivity index (χ1n) is 9.64. The first kappa shape index (κ1) is 21.2. The van der Waals surface area contributed by atoms with Crippen LogP contribution in [0.5, 0.6) is 17.5 Å². The van der Waals surface area contributed by atoms with E-state index in [1.165, 1.54) is 16.3 Å². The molecule has 0 aliphatic carbocycles. The molecule has 0 bridgehead atoms. The quantitative estimate of drug-likeness (QED) is 0.470. The van der Waals surface area contributed by atoms with E-state index in [1.807, 2.05) is 42.5 Å². The van der Waals surface area contributed by atoms with Crippen LogP contribution in [0.15, 0.2) is 58.3 Å². The summed E-state index contributed by atoms with van der Waals surface area (Å²) in [5.74, 6) is 0.284. The summed E-state index contributed by atoms with van der Waals surface area (Å²) in [4.78, 5) is 1.45. The lowest BCUT2D eigenvalue weighted by Crippen LogP contribution is -2.17. The van der Waals surface area contributed by atoms with Crippen LogP contribution in [-0.4, -0.2) is 19.9 Å². The zero-order valence-electron chi connectivity index (χ0n) is 17.8. The minimum absolute atomic E-state index is 0.0126. The number of aromatic nitrogens is 1. The van der Waals surface area contributed by atoms with E-state index in [0.29, 0.717) is 16.3 Å². The van der Waals surface area contributed by atoms with Gasteiger partial charge >= 0.3 is 0 Å². The number of hydrogen-bond acceptors (Lipinski definition) is 4. The van der Waals surface area contributed by atoms with Gasteiger partial charge in [-0.1, -0.05) is 71.5 Å². The van der Waals surface area contributed by atoms with Crippen molar-refractivity contribution in [3.63, 3.8) is 0 Å². The van der Waals surface area contributed by atoms with E-state index >= 15 is 0 Å². The van der Waals surface area contributed by atoms with Gasteiger partial charge in [0.05, 0.1) is 10.6 Å². The summed E-state index contributed by atoms with van der Waals surface area (Å²) in [5.41, 5.74) is 1.94. The van der Waals surface area contributed by atoms with Crippen LogP contribution in [0, 0.1) is 0 Å². The second kappa shape index (κ2) is 7.38. The van der Waals surface area contributed by atoms with Gasteiger partial charge in [0.25, 0.3) is 0 Å². The maximum Gasteiger partial charge on any atom is 0.213 e. The summed E-state index contributed by atoms with van der Waals surface area (Å²) >= 11 is 1.37. The van der Waals surface area contributed by atoms with E-state index in [-0.39, 0.29) is 22.6 Å². The molecule has 154 valence electrons. The fraction of sp³-hybridized carbons (Fsp3) is 0.333. The van der Waals surface area contributed by atoms with Gasteiger partial charge < -0.3 is 15.3 Å². The molecule has 0 radical (unpaired) electrons. The molecule has 3 rings (SSSR count). The highest BCUT2D eigenvalue weighted by Crippen LogP contribution is 2.46. The van der Waals surface area contributed by atoms with Crippen molar-refractivity contribution in [2.24, 2.45) is 0 Å². The summed E-state index contributed by atoms with van der Waals surface area (Å²) in [5, 5.41) is 32.1. The highest BCUT2D eigenvalue weighted by Gasteiger charge is 2.27. The molecule has 0 aliphatic heterocycles. The van der Waals surface area contributed by atoms with Crippen LogP contribution >= 0.6 is 11.8 Å². The molecular weight excluding hydrogens is 382 g/mol. The summed E-state index contributed by atoms with van der Waals surface area (Å²) < 4.78 is 1.41. The summed E-state index contributed by atoms with van der Waals surface area (Å²) in [6.07, 6.45) is 0. The standard InChI is InChI=1S/C24H29NO3S/c1-23(2,3)17-12-16(13-18(21(17)27)24(4,5)6)29-19-14-20(26)25(22(19)28)15-10-8-7-9-11-15/h7-14,26-28H,1-6H3. The Bertz CT molecular complexity index is 990. The Labute approximate surface area is 176 Å². The average Bonchev–Trinajstić information content (AvgIpc) is 2.88. The molecule has 0 unspecified atom stereocenters. The third kappa shape index (κ3) is 4.25. The third-order valence-electron chi connectivity index (χ3n) is 4.86. The summed E-state index contributed by atoms with van der Waals surface area (Å²) in [6.45, 7) is 12.4. The van der Waals surface area contributed by atoms with Crippen molar-refractivity contribution in [2.75, 3.05) is 0 Å². The number of aromatic hydroxyl groups is 3. The molecule has 0 saturated heterocycles. The molecule has 0 spiro atoms. The minimum Gasteiger partial charge on any atom is -0.507 e. The Hall–Kier alpha value is -2.53. The summed E-state index contributed by atoms with van der Waals surface area (Å²) in [7, 11) is 0. The SMILES string of the molecule is CC(C)(C)c1cc(Sc2cc(O)n(-c3ccccc3)c2O)cc(C(C)(C)C)c1O. The first-order chi connectivity index (χ1) is 13.4. The maximum atomic E-state index is 10.9. The molecular formula is C24H29NO3S. The smallest absolute Gasteiger partial charge is 0.213 e. The molecule has 0 saturated carbocycles. The molecule has 0 atom stereocenters. The molecule has 0 amide bonds. The second-order valence-electron chi connectivity index (χ2n) is 9.33. The molecule has 1 aromatic heterocycles. The van der Waals surface area contributed by atoms with Gasteiger partial charge in [-0.25, -0.2) is 0 Å². The number of benzene rings is 2. The van der Waals surface area contributed by atoms with Crippen molar-refractivity contribution in [1.29, 1.82) is 0 Å². The Morgan fingerprint density at radius 3 is 1.76 bits per heavy atom. The molecule has 0 fully saturated rings. The van der Waals surface area contributed by atoms with Gasteiger partial charge in [0.2, 0.25) is 5.88 Å². The van der Waals surface area contributed by atoms with Gasteiger partial charge in [-0.3, -0.25) is 4.57 Å². The van der Waals surface area contributed by atoms with Crippen LogP contribution in [0.3, 0.4) is 0 Å². The highest BCUT2D eigenvalue weighted by atomic mass is 32.2. The van der Waals surface area contributed by atoms with Gasteiger partial charge in [-0.05, 0) is 35.1 Å². The second-order valence-corrected chi connectivity index (χ2v) is 10.4. The van der Waals surface area contributed by atoms with Crippen LogP contribution in [0.25, 0.3) is 5.69 Å². The fourth-order valence-corrected chi connectivity index (χ4v) is 4.26. The maximum absolute atomic E-state index is 10.9.